The molecule has 1 aromatic rings. The van der Waals surface area contributed by atoms with Crippen molar-refractivity contribution in [1.29, 1.82) is 5.26 Å². The molecule has 0 bridgehead atoms. The SMILES string of the molecule is CC(C)c1nc(CCN2CCCC2)sc1CC#N. The Morgan fingerprint density at radius 1 is 1.39 bits per heavy atom. The fourth-order valence-corrected chi connectivity index (χ4v) is 3.57. The lowest BCUT2D eigenvalue weighted by atomic mass is 10.1. The first-order valence-corrected chi connectivity index (χ1v) is 7.60. The van der Waals surface area contributed by atoms with Crippen LogP contribution in [0.4, 0.5) is 0 Å². The average molecular weight is 263 g/mol. The second kappa shape index (κ2) is 6.31. The Kier molecular flexibility index (Phi) is 4.73. The summed E-state index contributed by atoms with van der Waals surface area (Å²) >= 11 is 1.74. The zero-order valence-electron chi connectivity index (χ0n) is 11.3. The minimum Gasteiger partial charge on any atom is -0.303 e. The molecule has 2 rings (SSSR count). The van der Waals surface area contributed by atoms with E-state index in [4.69, 9.17) is 10.2 Å². The molecule has 0 aliphatic carbocycles. The molecule has 0 saturated carbocycles. The molecule has 1 fully saturated rings. The van der Waals surface area contributed by atoms with Gasteiger partial charge in [0.25, 0.3) is 0 Å². The minimum absolute atomic E-state index is 0.421. The van der Waals surface area contributed by atoms with Crippen LogP contribution >= 0.6 is 11.3 Å². The Labute approximate surface area is 113 Å². The van der Waals surface area contributed by atoms with Gasteiger partial charge in [-0.05, 0) is 31.8 Å². The fraction of sp³-hybridized carbons (Fsp3) is 0.714. The molecule has 0 N–H and O–H groups in total. The van der Waals surface area contributed by atoms with E-state index in [1.807, 2.05) is 0 Å². The van der Waals surface area contributed by atoms with E-state index in [1.165, 1.54) is 35.8 Å². The summed E-state index contributed by atoms with van der Waals surface area (Å²) in [5.74, 6) is 0.421. The maximum atomic E-state index is 8.86. The maximum absolute atomic E-state index is 8.86. The van der Waals surface area contributed by atoms with Crippen LogP contribution in [0.2, 0.25) is 0 Å². The van der Waals surface area contributed by atoms with Gasteiger partial charge in [0.2, 0.25) is 0 Å². The molecule has 1 aliphatic rings. The molecule has 0 atom stereocenters. The smallest absolute Gasteiger partial charge is 0.0944 e. The molecule has 4 heteroatoms. The molecule has 0 amide bonds. The third-order valence-electron chi connectivity index (χ3n) is 3.40. The van der Waals surface area contributed by atoms with E-state index in [0.717, 1.165) is 18.7 Å². The van der Waals surface area contributed by atoms with Crippen molar-refractivity contribution in [3.8, 4) is 6.07 Å². The first-order valence-electron chi connectivity index (χ1n) is 6.78. The number of hydrogen-bond donors (Lipinski definition) is 0. The summed E-state index contributed by atoms with van der Waals surface area (Å²) in [4.78, 5) is 8.41. The van der Waals surface area contributed by atoms with Crippen LogP contribution in [0.5, 0.6) is 0 Å². The molecule has 0 aromatic carbocycles. The number of aromatic nitrogens is 1. The van der Waals surface area contributed by atoms with Crippen LogP contribution in [0.15, 0.2) is 0 Å². The summed E-state index contributed by atoms with van der Waals surface area (Å²) in [6.07, 6.45) is 4.23. The van der Waals surface area contributed by atoms with Crippen molar-refractivity contribution in [1.82, 2.24) is 9.88 Å². The first-order chi connectivity index (χ1) is 8.70. The predicted molar refractivity (Wildman–Crippen MR) is 74.9 cm³/mol. The van der Waals surface area contributed by atoms with Crippen LogP contribution in [-0.4, -0.2) is 29.5 Å². The van der Waals surface area contributed by atoms with E-state index in [1.54, 1.807) is 11.3 Å². The van der Waals surface area contributed by atoms with Gasteiger partial charge in [-0.2, -0.15) is 5.26 Å². The summed E-state index contributed by atoms with van der Waals surface area (Å²) in [6, 6.07) is 2.25. The van der Waals surface area contributed by atoms with Crippen LogP contribution in [0, 0.1) is 11.3 Å². The molecule has 98 valence electrons. The highest BCUT2D eigenvalue weighted by Crippen LogP contribution is 2.26. The Morgan fingerprint density at radius 3 is 2.72 bits per heavy atom. The van der Waals surface area contributed by atoms with Gasteiger partial charge in [-0.15, -0.1) is 11.3 Å². The summed E-state index contributed by atoms with van der Waals surface area (Å²) in [5.41, 5.74) is 1.14. The van der Waals surface area contributed by atoms with Gasteiger partial charge in [0.05, 0.1) is 23.2 Å². The van der Waals surface area contributed by atoms with Crippen molar-refractivity contribution in [2.45, 2.75) is 45.4 Å². The van der Waals surface area contributed by atoms with Gasteiger partial charge in [-0.1, -0.05) is 13.8 Å². The second-order valence-electron chi connectivity index (χ2n) is 5.20. The third-order valence-corrected chi connectivity index (χ3v) is 4.53. The normalized spacial score (nSPS) is 16.3. The van der Waals surface area contributed by atoms with E-state index in [2.05, 4.69) is 24.8 Å². The number of nitrogens with zero attached hydrogens (tertiary/aromatic N) is 3. The van der Waals surface area contributed by atoms with Crippen molar-refractivity contribution in [3.63, 3.8) is 0 Å². The summed E-state index contributed by atoms with van der Waals surface area (Å²) in [5, 5.41) is 10.1. The number of hydrogen-bond acceptors (Lipinski definition) is 4. The van der Waals surface area contributed by atoms with Gasteiger partial charge in [-0.25, -0.2) is 4.98 Å². The summed E-state index contributed by atoms with van der Waals surface area (Å²) in [6.45, 7) is 7.92. The predicted octanol–water partition coefficient (Wildman–Crippen LogP) is 2.97. The van der Waals surface area contributed by atoms with Gasteiger partial charge in [0.1, 0.15) is 0 Å². The van der Waals surface area contributed by atoms with E-state index in [-0.39, 0.29) is 0 Å². The molecule has 0 radical (unpaired) electrons. The molecule has 0 spiro atoms. The Morgan fingerprint density at radius 2 is 2.11 bits per heavy atom. The lowest BCUT2D eigenvalue weighted by molar-refractivity contribution is 0.343. The van der Waals surface area contributed by atoms with Crippen LogP contribution in [0.25, 0.3) is 0 Å². The van der Waals surface area contributed by atoms with Crippen molar-refractivity contribution in [2.24, 2.45) is 0 Å². The minimum atomic E-state index is 0.421. The molecule has 1 aliphatic heterocycles. The monoisotopic (exact) mass is 263 g/mol. The van der Waals surface area contributed by atoms with Gasteiger partial charge < -0.3 is 4.90 Å². The van der Waals surface area contributed by atoms with Gasteiger partial charge in [0, 0.05) is 17.8 Å². The highest BCUT2D eigenvalue weighted by molar-refractivity contribution is 7.11. The van der Waals surface area contributed by atoms with E-state index in [0.29, 0.717) is 12.3 Å². The topological polar surface area (TPSA) is 39.9 Å². The van der Waals surface area contributed by atoms with Crippen LogP contribution in [-0.2, 0) is 12.8 Å². The van der Waals surface area contributed by atoms with Gasteiger partial charge in [-0.3, -0.25) is 0 Å². The molecule has 0 unspecified atom stereocenters. The Hall–Kier alpha value is -0.920. The fourth-order valence-electron chi connectivity index (χ4n) is 2.43. The maximum Gasteiger partial charge on any atom is 0.0944 e. The first kappa shape index (κ1) is 13.5. The van der Waals surface area contributed by atoms with Crippen molar-refractivity contribution in [3.05, 3.63) is 15.6 Å². The van der Waals surface area contributed by atoms with Crippen LogP contribution in [0.1, 0.15) is 48.2 Å². The standard InChI is InChI=1S/C14H21N3S/c1-11(2)14-12(5-7-15)18-13(16-14)6-10-17-8-3-4-9-17/h11H,3-6,8-10H2,1-2H3. The quantitative estimate of drug-likeness (QED) is 0.820. The number of rotatable bonds is 5. The summed E-state index contributed by atoms with van der Waals surface area (Å²) in [7, 11) is 0. The Bertz CT molecular complexity index is 425. The number of likely N-dealkylation sites (tertiary alicyclic amines) is 1. The largest absolute Gasteiger partial charge is 0.303 e. The average Bonchev–Trinajstić information content (AvgIpc) is 2.95. The zero-order chi connectivity index (χ0) is 13.0. The second-order valence-corrected chi connectivity index (χ2v) is 6.37. The van der Waals surface area contributed by atoms with Crippen LogP contribution < -0.4 is 0 Å². The molecule has 3 nitrogen and oxygen atoms in total. The van der Waals surface area contributed by atoms with Crippen LogP contribution in [0.3, 0.4) is 0 Å². The molecule has 2 heterocycles. The molecular formula is C14H21N3S. The van der Waals surface area contributed by atoms with E-state index >= 15 is 0 Å². The summed E-state index contributed by atoms with van der Waals surface area (Å²) < 4.78 is 0. The van der Waals surface area contributed by atoms with Crippen molar-refractivity contribution >= 4 is 11.3 Å². The van der Waals surface area contributed by atoms with Gasteiger partial charge in [0.15, 0.2) is 0 Å². The third kappa shape index (κ3) is 3.30. The highest BCUT2D eigenvalue weighted by atomic mass is 32.1. The van der Waals surface area contributed by atoms with E-state index < -0.39 is 0 Å². The highest BCUT2D eigenvalue weighted by Gasteiger charge is 2.16. The van der Waals surface area contributed by atoms with E-state index in [9.17, 15) is 0 Å². The number of nitriles is 1. The lowest BCUT2D eigenvalue weighted by Gasteiger charge is -2.12. The van der Waals surface area contributed by atoms with Gasteiger partial charge >= 0.3 is 0 Å². The molecule has 1 saturated heterocycles. The molecule has 1 aromatic heterocycles. The molecular weight excluding hydrogens is 242 g/mol. The molecule has 18 heavy (non-hydrogen) atoms. The zero-order valence-corrected chi connectivity index (χ0v) is 12.1. The number of thiazole rings is 1. The lowest BCUT2D eigenvalue weighted by Crippen LogP contribution is -2.21. The Balaban J connectivity index is 1.99. The van der Waals surface area contributed by atoms with Crippen molar-refractivity contribution in [2.75, 3.05) is 19.6 Å². The van der Waals surface area contributed by atoms with Crippen molar-refractivity contribution < 1.29 is 0 Å².